The van der Waals surface area contributed by atoms with E-state index in [1.165, 1.54) is 5.56 Å². The highest BCUT2D eigenvalue weighted by Crippen LogP contribution is 2.31. The highest BCUT2D eigenvalue weighted by molar-refractivity contribution is 6.44. The lowest BCUT2D eigenvalue weighted by atomic mass is 10.1. The van der Waals surface area contributed by atoms with Crippen LogP contribution in [0.5, 0.6) is 0 Å². The van der Waals surface area contributed by atoms with E-state index in [1.807, 2.05) is 18.2 Å². The van der Waals surface area contributed by atoms with Crippen LogP contribution in [0.15, 0.2) is 42.5 Å². The highest BCUT2D eigenvalue weighted by Gasteiger charge is 2.11. The summed E-state index contributed by atoms with van der Waals surface area (Å²) in [5, 5.41) is 5.06. The summed E-state index contributed by atoms with van der Waals surface area (Å²) in [6.45, 7) is 2.68. The second-order valence-corrected chi connectivity index (χ2v) is 5.53. The van der Waals surface area contributed by atoms with E-state index in [2.05, 4.69) is 24.4 Å². The molecule has 2 rings (SSSR count). The predicted molar refractivity (Wildman–Crippen MR) is 83.2 cm³/mol. The predicted octanol–water partition coefficient (Wildman–Crippen LogP) is 5.50. The van der Waals surface area contributed by atoms with Crippen molar-refractivity contribution in [2.75, 3.05) is 0 Å². The van der Waals surface area contributed by atoms with Gasteiger partial charge in [0.15, 0.2) is 0 Å². The van der Waals surface area contributed by atoms with Crippen LogP contribution < -0.4 is 5.32 Å². The molecule has 0 aromatic heterocycles. The fourth-order valence-corrected chi connectivity index (χ4v) is 2.53. The van der Waals surface area contributed by atoms with Crippen LogP contribution in [0.25, 0.3) is 0 Å². The molecule has 1 nitrogen and oxygen atoms in total. The molecule has 0 spiro atoms. The number of rotatable bonds is 4. The van der Waals surface area contributed by atoms with Crippen LogP contribution in [0, 0.1) is 0 Å². The van der Waals surface area contributed by atoms with Gasteiger partial charge in [-0.3, -0.25) is 0 Å². The third-order valence-corrected chi connectivity index (χ3v) is 4.22. The second-order valence-electron chi connectivity index (χ2n) is 4.34. The maximum Gasteiger partial charge on any atom is 0.0652 e. The van der Waals surface area contributed by atoms with Gasteiger partial charge in [-0.15, -0.1) is 0 Å². The Bertz CT molecular complexity index is 555. The number of benzene rings is 2. The van der Waals surface area contributed by atoms with Gasteiger partial charge in [0.2, 0.25) is 0 Å². The van der Waals surface area contributed by atoms with Crippen molar-refractivity contribution in [1.29, 1.82) is 0 Å². The van der Waals surface area contributed by atoms with E-state index in [1.54, 1.807) is 12.1 Å². The molecule has 0 heterocycles. The summed E-state index contributed by atoms with van der Waals surface area (Å²) in [6.07, 6.45) is 0. The summed E-state index contributed by atoms with van der Waals surface area (Å²) >= 11 is 18.3. The molecule has 0 aliphatic carbocycles. The smallest absolute Gasteiger partial charge is 0.0652 e. The van der Waals surface area contributed by atoms with Gasteiger partial charge in [0, 0.05) is 23.2 Å². The molecule has 1 atom stereocenters. The van der Waals surface area contributed by atoms with E-state index in [-0.39, 0.29) is 6.04 Å². The fraction of sp³-hybridized carbons (Fsp3) is 0.200. The molecular formula is C15H14Cl3N. The van der Waals surface area contributed by atoms with Gasteiger partial charge in [0.1, 0.15) is 0 Å². The summed E-state index contributed by atoms with van der Waals surface area (Å²) in [5.74, 6) is 0. The number of nitrogens with one attached hydrogen (secondary N) is 1. The van der Waals surface area contributed by atoms with E-state index in [9.17, 15) is 0 Å². The van der Waals surface area contributed by atoms with Gasteiger partial charge in [-0.05, 0) is 24.6 Å². The van der Waals surface area contributed by atoms with Crippen LogP contribution >= 0.6 is 34.8 Å². The first-order valence-electron chi connectivity index (χ1n) is 6.00. The van der Waals surface area contributed by atoms with E-state index in [4.69, 9.17) is 34.8 Å². The zero-order valence-electron chi connectivity index (χ0n) is 10.5. The lowest BCUT2D eigenvalue weighted by Crippen LogP contribution is -2.18. The average Bonchev–Trinajstić information content (AvgIpc) is 2.44. The molecule has 2 aromatic rings. The largest absolute Gasteiger partial charge is 0.306 e. The minimum absolute atomic E-state index is 0.215. The summed E-state index contributed by atoms with van der Waals surface area (Å²) in [5.41, 5.74) is 2.05. The van der Waals surface area contributed by atoms with Crippen molar-refractivity contribution >= 4 is 34.8 Å². The molecule has 0 saturated heterocycles. The van der Waals surface area contributed by atoms with Crippen molar-refractivity contribution < 1.29 is 0 Å². The molecule has 100 valence electrons. The number of hydrogen-bond acceptors (Lipinski definition) is 1. The van der Waals surface area contributed by atoms with Gasteiger partial charge in [-0.25, -0.2) is 0 Å². The summed E-state index contributed by atoms with van der Waals surface area (Å²) in [6, 6.07) is 13.9. The molecule has 0 aliphatic rings. The van der Waals surface area contributed by atoms with Crippen molar-refractivity contribution in [3.63, 3.8) is 0 Å². The van der Waals surface area contributed by atoms with Crippen LogP contribution in [-0.2, 0) is 6.54 Å². The molecule has 0 aliphatic heterocycles. The van der Waals surface area contributed by atoms with Gasteiger partial charge in [0.05, 0.1) is 10.0 Å². The quantitative estimate of drug-likeness (QED) is 0.735. The number of hydrogen-bond donors (Lipinski definition) is 1. The van der Waals surface area contributed by atoms with E-state index in [0.717, 1.165) is 5.56 Å². The third-order valence-electron chi connectivity index (χ3n) is 3.02. The van der Waals surface area contributed by atoms with E-state index < -0.39 is 0 Å². The zero-order valence-corrected chi connectivity index (χ0v) is 12.7. The maximum absolute atomic E-state index is 6.17. The molecule has 4 heteroatoms. The van der Waals surface area contributed by atoms with Gasteiger partial charge in [0.25, 0.3) is 0 Å². The van der Waals surface area contributed by atoms with Gasteiger partial charge >= 0.3 is 0 Å². The van der Waals surface area contributed by atoms with Crippen molar-refractivity contribution in [3.8, 4) is 0 Å². The van der Waals surface area contributed by atoms with E-state index >= 15 is 0 Å². The van der Waals surface area contributed by atoms with Crippen LogP contribution in [0.1, 0.15) is 24.1 Å². The second kappa shape index (κ2) is 6.62. The zero-order chi connectivity index (χ0) is 13.8. The molecule has 0 bridgehead atoms. The first-order valence-corrected chi connectivity index (χ1v) is 7.13. The molecular weight excluding hydrogens is 301 g/mol. The molecule has 19 heavy (non-hydrogen) atoms. The Morgan fingerprint density at radius 2 is 1.58 bits per heavy atom. The fourth-order valence-electron chi connectivity index (χ4n) is 1.85. The van der Waals surface area contributed by atoms with Crippen LogP contribution in [0.3, 0.4) is 0 Å². The maximum atomic E-state index is 6.17. The molecule has 0 amide bonds. The Morgan fingerprint density at radius 1 is 0.947 bits per heavy atom. The minimum Gasteiger partial charge on any atom is -0.306 e. The van der Waals surface area contributed by atoms with Crippen LogP contribution in [0.2, 0.25) is 15.1 Å². The highest BCUT2D eigenvalue weighted by atomic mass is 35.5. The standard InChI is InChI=1S/C15H14Cl3N/c1-10(11-5-3-2-4-6-11)19-9-12-13(16)7-8-14(17)15(12)18/h2-8,10,19H,9H2,1H3/t10-/m0/s1. The Balaban J connectivity index is 2.09. The number of halogens is 3. The Hall–Kier alpha value is -0.730. The molecule has 0 fully saturated rings. The summed E-state index contributed by atoms with van der Waals surface area (Å²) in [4.78, 5) is 0. The minimum atomic E-state index is 0.215. The van der Waals surface area contributed by atoms with Crippen molar-refractivity contribution in [3.05, 3.63) is 68.7 Å². The van der Waals surface area contributed by atoms with Crippen LogP contribution in [0.4, 0.5) is 0 Å². The van der Waals surface area contributed by atoms with Crippen molar-refractivity contribution in [2.45, 2.75) is 19.5 Å². The van der Waals surface area contributed by atoms with Crippen molar-refractivity contribution in [2.24, 2.45) is 0 Å². The molecule has 2 aromatic carbocycles. The normalized spacial score (nSPS) is 12.4. The molecule has 0 radical (unpaired) electrons. The van der Waals surface area contributed by atoms with Crippen LogP contribution in [-0.4, -0.2) is 0 Å². The molecule has 0 unspecified atom stereocenters. The van der Waals surface area contributed by atoms with Gasteiger partial charge in [-0.1, -0.05) is 65.1 Å². The topological polar surface area (TPSA) is 12.0 Å². The summed E-state index contributed by atoms with van der Waals surface area (Å²) in [7, 11) is 0. The SMILES string of the molecule is C[C@H](NCc1c(Cl)ccc(Cl)c1Cl)c1ccccc1. The van der Waals surface area contributed by atoms with Crippen molar-refractivity contribution in [1.82, 2.24) is 5.32 Å². The molecule has 1 N–H and O–H groups in total. The van der Waals surface area contributed by atoms with Gasteiger partial charge < -0.3 is 5.32 Å². The Morgan fingerprint density at radius 3 is 2.26 bits per heavy atom. The Kier molecular flexibility index (Phi) is 5.12. The lowest BCUT2D eigenvalue weighted by molar-refractivity contribution is 0.575. The van der Waals surface area contributed by atoms with Gasteiger partial charge in [-0.2, -0.15) is 0 Å². The average molecular weight is 315 g/mol. The third kappa shape index (κ3) is 3.64. The first kappa shape index (κ1) is 14.7. The Labute approximate surface area is 128 Å². The summed E-state index contributed by atoms with van der Waals surface area (Å²) < 4.78 is 0. The monoisotopic (exact) mass is 313 g/mol. The molecule has 0 saturated carbocycles. The lowest BCUT2D eigenvalue weighted by Gasteiger charge is -2.16. The van der Waals surface area contributed by atoms with E-state index in [0.29, 0.717) is 21.6 Å². The first-order chi connectivity index (χ1) is 9.09.